The molecule has 6 aromatic rings. The Bertz CT molecular complexity index is 2270. The van der Waals surface area contributed by atoms with Crippen molar-refractivity contribution in [1.29, 1.82) is 5.26 Å². The Morgan fingerprint density at radius 1 is 0.891 bits per heavy atom. The standard InChI is InChI=1S/C43H41N5O6Si/c1-42(2,3)55(32-20-12-6-13-21-32,33-22-14-7-15-23-33)52-27-35-38(53-37(49)26-30-16-8-4-9-17-30)39(50)43(28-44,54-35)36-25-24-34-40(45-29-46-48(34)36)47-41(51)31-18-10-5-11-19-31/h4-25,29,35,38-39,50H,26-27H2,1-3H3,(H,45,46,47,51)/t35-,38-,39-,43+/m1/s1. The number of nitrogens with one attached hydrogen (secondary N) is 1. The molecule has 12 heteroatoms. The van der Waals surface area contributed by atoms with E-state index in [9.17, 15) is 20.0 Å². The number of anilines is 1. The summed E-state index contributed by atoms with van der Waals surface area (Å²) >= 11 is 0. The number of hydrogen-bond acceptors (Lipinski definition) is 9. The summed E-state index contributed by atoms with van der Waals surface area (Å²) in [6.45, 7) is 6.30. The third-order valence-electron chi connectivity index (χ3n) is 10.0. The van der Waals surface area contributed by atoms with Gasteiger partial charge < -0.3 is 24.3 Å². The number of nitriles is 1. The Balaban J connectivity index is 1.28. The third-order valence-corrected chi connectivity index (χ3v) is 15.0. The van der Waals surface area contributed by atoms with E-state index >= 15 is 0 Å². The van der Waals surface area contributed by atoms with Gasteiger partial charge in [-0.15, -0.1) is 0 Å². The molecule has 0 spiro atoms. The molecule has 0 unspecified atom stereocenters. The van der Waals surface area contributed by atoms with Crippen LogP contribution in [0.5, 0.6) is 0 Å². The van der Waals surface area contributed by atoms with Crippen LogP contribution in [0, 0.1) is 11.3 Å². The normalized spacial score (nSPS) is 19.8. The Labute approximate surface area is 320 Å². The number of aliphatic hydroxyl groups is 1. The van der Waals surface area contributed by atoms with Crippen LogP contribution in [0.2, 0.25) is 5.04 Å². The van der Waals surface area contributed by atoms with E-state index in [-0.39, 0.29) is 30.4 Å². The lowest BCUT2D eigenvalue weighted by Gasteiger charge is -2.43. The largest absolute Gasteiger partial charge is 0.456 e. The highest BCUT2D eigenvalue weighted by Gasteiger charge is 2.61. The van der Waals surface area contributed by atoms with Gasteiger partial charge in [-0.2, -0.15) is 10.4 Å². The minimum absolute atomic E-state index is 0.0579. The van der Waals surface area contributed by atoms with E-state index in [2.05, 4.69) is 66.5 Å². The number of aromatic nitrogens is 3. The number of amides is 1. The number of ether oxygens (including phenoxy) is 2. The lowest BCUT2D eigenvalue weighted by Crippen LogP contribution is -2.67. The van der Waals surface area contributed by atoms with E-state index in [1.165, 1.54) is 10.8 Å². The molecule has 11 nitrogen and oxygen atoms in total. The summed E-state index contributed by atoms with van der Waals surface area (Å²) in [6.07, 6.45) is -2.87. The second-order valence-electron chi connectivity index (χ2n) is 14.5. The summed E-state index contributed by atoms with van der Waals surface area (Å²) in [7, 11) is -3.14. The predicted molar refractivity (Wildman–Crippen MR) is 209 cm³/mol. The maximum absolute atomic E-state index is 13.6. The van der Waals surface area contributed by atoms with Gasteiger partial charge >= 0.3 is 5.97 Å². The van der Waals surface area contributed by atoms with Gasteiger partial charge in [0.1, 0.15) is 30.1 Å². The molecule has 7 rings (SSSR count). The quantitative estimate of drug-likeness (QED) is 0.135. The Morgan fingerprint density at radius 2 is 1.47 bits per heavy atom. The van der Waals surface area contributed by atoms with Crippen LogP contribution in [0.1, 0.15) is 42.4 Å². The third kappa shape index (κ3) is 7.06. The molecule has 278 valence electrons. The number of carbonyl (C=O) groups excluding carboxylic acids is 2. The highest BCUT2D eigenvalue weighted by molar-refractivity contribution is 6.99. The van der Waals surface area contributed by atoms with Crippen LogP contribution >= 0.6 is 0 Å². The lowest BCUT2D eigenvalue weighted by atomic mass is 9.92. The summed E-state index contributed by atoms with van der Waals surface area (Å²) in [5.41, 5.74) is -0.396. The van der Waals surface area contributed by atoms with E-state index < -0.39 is 43.2 Å². The topological polar surface area (TPSA) is 148 Å². The average molecular weight is 752 g/mol. The van der Waals surface area contributed by atoms with Gasteiger partial charge in [-0.25, -0.2) is 9.50 Å². The van der Waals surface area contributed by atoms with Crippen molar-refractivity contribution in [1.82, 2.24) is 14.6 Å². The van der Waals surface area contributed by atoms with Gasteiger partial charge in [0, 0.05) is 5.56 Å². The van der Waals surface area contributed by atoms with Gasteiger partial charge in [-0.3, -0.25) is 9.59 Å². The number of nitrogens with zero attached hydrogens (tertiary/aromatic N) is 4. The molecule has 1 aliphatic rings. The average Bonchev–Trinajstić information content (AvgIpc) is 3.76. The molecule has 3 heterocycles. The molecule has 0 radical (unpaired) electrons. The van der Waals surface area contributed by atoms with Gasteiger partial charge in [0.05, 0.1) is 18.7 Å². The zero-order valence-electron chi connectivity index (χ0n) is 30.7. The Hall–Kier alpha value is -5.97. The van der Waals surface area contributed by atoms with Gasteiger partial charge in [0.2, 0.25) is 5.60 Å². The second kappa shape index (κ2) is 15.4. The van der Waals surface area contributed by atoms with Crippen LogP contribution in [0.4, 0.5) is 5.82 Å². The molecule has 1 aliphatic heterocycles. The summed E-state index contributed by atoms with van der Waals surface area (Å²) in [5, 5.41) is 32.0. The Kier molecular flexibility index (Phi) is 10.5. The van der Waals surface area contributed by atoms with Crippen molar-refractivity contribution in [3.05, 3.63) is 157 Å². The van der Waals surface area contributed by atoms with Crippen molar-refractivity contribution < 1.29 is 28.6 Å². The number of carbonyl (C=O) groups is 2. The maximum atomic E-state index is 13.6. The van der Waals surface area contributed by atoms with E-state index in [4.69, 9.17) is 13.9 Å². The minimum atomic E-state index is -3.14. The Morgan fingerprint density at radius 3 is 2.05 bits per heavy atom. The van der Waals surface area contributed by atoms with Crippen molar-refractivity contribution in [3.63, 3.8) is 0 Å². The predicted octanol–water partition coefficient (Wildman–Crippen LogP) is 5.19. The first-order valence-electron chi connectivity index (χ1n) is 18.0. The molecular weight excluding hydrogens is 711 g/mol. The highest BCUT2D eigenvalue weighted by atomic mass is 28.4. The van der Waals surface area contributed by atoms with Gasteiger partial charge in [-0.05, 0) is 45.2 Å². The summed E-state index contributed by atoms with van der Waals surface area (Å²) in [6, 6.07) is 43.3. The SMILES string of the molecule is CC(C)(C)[Si](OC[C@H]1O[C@@](C#N)(c2ccc3c(NC(=O)c4ccccc4)ncnn23)[C@H](O)[C@@H]1OC(=O)Cc1ccccc1)(c1ccccc1)c1ccccc1. The molecule has 4 atom stereocenters. The molecule has 0 saturated carbocycles. The van der Waals surface area contributed by atoms with E-state index in [1.807, 2.05) is 72.8 Å². The first kappa shape index (κ1) is 37.3. The smallest absolute Gasteiger partial charge is 0.310 e. The lowest BCUT2D eigenvalue weighted by molar-refractivity contribution is -0.155. The molecule has 0 aliphatic carbocycles. The number of benzene rings is 4. The monoisotopic (exact) mass is 751 g/mol. The van der Waals surface area contributed by atoms with Crippen molar-refractivity contribution in [2.45, 2.75) is 56.1 Å². The van der Waals surface area contributed by atoms with E-state index in [0.29, 0.717) is 11.1 Å². The van der Waals surface area contributed by atoms with Crippen LogP contribution in [0.3, 0.4) is 0 Å². The van der Waals surface area contributed by atoms with E-state index in [1.54, 1.807) is 36.4 Å². The summed E-state index contributed by atoms with van der Waals surface area (Å²) < 4.78 is 21.3. The number of aliphatic hydroxyl groups excluding tert-OH is 1. The molecule has 55 heavy (non-hydrogen) atoms. The second-order valence-corrected chi connectivity index (χ2v) is 18.8. The molecule has 1 saturated heterocycles. The van der Waals surface area contributed by atoms with Gasteiger partial charge in [-0.1, -0.05) is 130 Å². The molecule has 1 amide bonds. The molecule has 2 N–H and O–H groups in total. The summed E-state index contributed by atoms with van der Waals surface area (Å²) in [5.74, 6) is -0.800. The zero-order chi connectivity index (χ0) is 38.6. The first-order chi connectivity index (χ1) is 26.6. The zero-order valence-corrected chi connectivity index (χ0v) is 31.7. The van der Waals surface area contributed by atoms with Crippen LogP contribution in [0.15, 0.2) is 140 Å². The number of hydrogen-bond donors (Lipinski definition) is 2. The highest BCUT2D eigenvalue weighted by Crippen LogP contribution is 2.43. The van der Waals surface area contributed by atoms with E-state index in [0.717, 1.165) is 15.9 Å². The minimum Gasteiger partial charge on any atom is -0.456 e. The van der Waals surface area contributed by atoms with Crippen molar-refractivity contribution >= 4 is 41.9 Å². The maximum Gasteiger partial charge on any atom is 0.310 e. The fourth-order valence-electron chi connectivity index (χ4n) is 7.45. The molecular formula is C43H41N5O6Si. The van der Waals surface area contributed by atoms with Crippen LogP contribution in [-0.4, -0.2) is 64.8 Å². The van der Waals surface area contributed by atoms with Crippen molar-refractivity contribution in [2.75, 3.05) is 11.9 Å². The fraction of sp³-hybridized carbons (Fsp3) is 0.233. The fourth-order valence-corrected chi connectivity index (χ4v) is 12.0. The summed E-state index contributed by atoms with van der Waals surface area (Å²) in [4.78, 5) is 30.9. The van der Waals surface area contributed by atoms with Crippen LogP contribution in [0.25, 0.3) is 5.52 Å². The van der Waals surface area contributed by atoms with Gasteiger partial charge in [0.25, 0.3) is 14.2 Å². The van der Waals surface area contributed by atoms with Gasteiger partial charge in [0.15, 0.2) is 11.9 Å². The number of fused-ring (bicyclic) bond motifs is 1. The first-order valence-corrected chi connectivity index (χ1v) is 19.9. The van der Waals surface area contributed by atoms with Crippen molar-refractivity contribution in [3.8, 4) is 6.07 Å². The molecule has 2 aromatic heterocycles. The molecule has 0 bridgehead atoms. The number of rotatable bonds is 11. The van der Waals surface area contributed by atoms with Crippen molar-refractivity contribution in [2.24, 2.45) is 0 Å². The van der Waals surface area contributed by atoms with Crippen LogP contribution < -0.4 is 15.7 Å². The number of esters is 1. The molecule has 1 fully saturated rings. The van der Waals surface area contributed by atoms with Crippen LogP contribution in [-0.2, 0) is 30.7 Å². The molecule has 4 aromatic carbocycles.